The highest BCUT2D eigenvalue weighted by Gasteiger charge is 2.67. The van der Waals surface area contributed by atoms with Crippen LogP contribution in [0.1, 0.15) is 13.3 Å². The summed E-state index contributed by atoms with van der Waals surface area (Å²) in [6.07, 6.45) is 2.07. The molecule has 16 heavy (non-hydrogen) atoms. The van der Waals surface area contributed by atoms with Gasteiger partial charge in [0.2, 0.25) is 5.91 Å². The SMILES string of the molecule is C[C@]1(C(=O)Nc2ccc(Br)cn2)CC1(Cl)Cl. The molecule has 1 atom stereocenters. The summed E-state index contributed by atoms with van der Waals surface area (Å²) in [5, 5.41) is 2.69. The first-order valence-electron chi connectivity index (χ1n) is 4.66. The number of hydrogen-bond acceptors (Lipinski definition) is 2. The zero-order valence-corrected chi connectivity index (χ0v) is 11.5. The molecule has 1 aromatic rings. The van der Waals surface area contributed by atoms with Crippen LogP contribution in [0.4, 0.5) is 5.82 Å². The Morgan fingerprint density at radius 1 is 1.56 bits per heavy atom. The monoisotopic (exact) mass is 322 g/mol. The number of hydrogen-bond donors (Lipinski definition) is 1. The number of nitrogens with zero attached hydrogens (tertiary/aromatic N) is 1. The molecule has 0 bridgehead atoms. The van der Waals surface area contributed by atoms with E-state index in [0.717, 1.165) is 4.47 Å². The largest absolute Gasteiger partial charge is 0.310 e. The first kappa shape index (κ1) is 12.1. The van der Waals surface area contributed by atoms with Crippen molar-refractivity contribution in [3.05, 3.63) is 22.8 Å². The van der Waals surface area contributed by atoms with Crippen LogP contribution in [-0.2, 0) is 4.79 Å². The van der Waals surface area contributed by atoms with E-state index in [0.29, 0.717) is 12.2 Å². The maximum Gasteiger partial charge on any atom is 0.234 e. The number of alkyl halides is 2. The van der Waals surface area contributed by atoms with Crippen LogP contribution in [-0.4, -0.2) is 15.2 Å². The molecular formula is C10H9BrCl2N2O. The third-order valence-corrected chi connectivity index (χ3v) is 4.30. The van der Waals surface area contributed by atoms with E-state index in [4.69, 9.17) is 23.2 Å². The number of halogens is 3. The number of rotatable bonds is 2. The minimum atomic E-state index is -0.952. The van der Waals surface area contributed by atoms with Crippen LogP contribution in [0.15, 0.2) is 22.8 Å². The Hall–Kier alpha value is -0.320. The second-order valence-electron chi connectivity index (χ2n) is 4.03. The fourth-order valence-electron chi connectivity index (χ4n) is 1.35. The standard InChI is InChI=1S/C10H9BrCl2N2O/c1-9(5-10(9,12)13)8(16)15-7-3-2-6(11)4-14-7/h2-4H,5H2,1H3,(H,14,15,16)/t9-/m1/s1. The van der Waals surface area contributed by atoms with E-state index < -0.39 is 9.75 Å². The smallest absolute Gasteiger partial charge is 0.234 e. The van der Waals surface area contributed by atoms with E-state index in [-0.39, 0.29) is 5.91 Å². The molecule has 0 spiro atoms. The number of carbonyl (C=O) groups is 1. The molecule has 1 aliphatic rings. The van der Waals surface area contributed by atoms with Gasteiger partial charge in [-0.3, -0.25) is 4.79 Å². The number of nitrogens with one attached hydrogen (secondary N) is 1. The van der Waals surface area contributed by atoms with Crippen molar-refractivity contribution >= 4 is 50.9 Å². The minimum Gasteiger partial charge on any atom is -0.310 e. The zero-order valence-electron chi connectivity index (χ0n) is 8.43. The van der Waals surface area contributed by atoms with Crippen molar-refractivity contribution in [3.63, 3.8) is 0 Å². The fourth-order valence-corrected chi connectivity index (χ4v) is 2.29. The van der Waals surface area contributed by atoms with Gasteiger partial charge in [-0.1, -0.05) is 0 Å². The van der Waals surface area contributed by atoms with Crippen LogP contribution in [0.2, 0.25) is 0 Å². The lowest BCUT2D eigenvalue weighted by molar-refractivity contribution is -0.120. The van der Waals surface area contributed by atoms with Crippen molar-refractivity contribution in [1.29, 1.82) is 0 Å². The summed E-state index contributed by atoms with van der Waals surface area (Å²) >= 11 is 15.1. The van der Waals surface area contributed by atoms with Gasteiger partial charge in [0.25, 0.3) is 0 Å². The van der Waals surface area contributed by atoms with Crippen molar-refractivity contribution < 1.29 is 4.79 Å². The summed E-state index contributed by atoms with van der Waals surface area (Å²) in [5.74, 6) is 0.290. The van der Waals surface area contributed by atoms with Crippen LogP contribution >= 0.6 is 39.1 Å². The van der Waals surface area contributed by atoms with Crippen LogP contribution in [0.5, 0.6) is 0 Å². The van der Waals surface area contributed by atoms with Crippen LogP contribution < -0.4 is 5.32 Å². The molecule has 1 amide bonds. The van der Waals surface area contributed by atoms with E-state index in [1.165, 1.54) is 0 Å². The van der Waals surface area contributed by atoms with Crippen molar-refractivity contribution in [3.8, 4) is 0 Å². The number of pyridine rings is 1. The lowest BCUT2D eigenvalue weighted by atomic mass is 10.1. The maximum absolute atomic E-state index is 11.9. The Morgan fingerprint density at radius 3 is 2.62 bits per heavy atom. The Labute approximate surface area is 112 Å². The first-order chi connectivity index (χ1) is 7.35. The molecule has 0 aliphatic heterocycles. The molecule has 1 fully saturated rings. The van der Waals surface area contributed by atoms with Gasteiger partial charge >= 0.3 is 0 Å². The third-order valence-electron chi connectivity index (χ3n) is 2.73. The van der Waals surface area contributed by atoms with E-state index in [1.54, 1.807) is 25.3 Å². The minimum absolute atomic E-state index is 0.202. The predicted molar refractivity (Wildman–Crippen MR) is 67.7 cm³/mol. The van der Waals surface area contributed by atoms with Gasteiger partial charge in [-0.25, -0.2) is 4.98 Å². The molecule has 1 N–H and O–H groups in total. The second kappa shape index (κ2) is 3.86. The molecule has 0 radical (unpaired) electrons. The molecule has 1 aliphatic carbocycles. The van der Waals surface area contributed by atoms with Gasteiger partial charge in [0, 0.05) is 10.7 Å². The Morgan fingerprint density at radius 2 is 2.19 bits per heavy atom. The number of carbonyl (C=O) groups excluding carboxylic acids is 1. The number of amides is 1. The summed E-state index contributed by atoms with van der Waals surface area (Å²) in [5.41, 5.74) is -0.717. The van der Waals surface area contributed by atoms with Crippen molar-refractivity contribution in [2.75, 3.05) is 5.32 Å². The third kappa shape index (κ3) is 2.06. The van der Waals surface area contributed by atoms with Crippen LogP contribution in [0.25, 0.3) is 0 Å². The van der Waals surface area contributed by atoms with E-state index in [9.17, 15) is 4.79 Å². The molecule has 1 aromatic heterocycles. The van der Waals surface area contributed by atoms with Gasteiger partial charge in [0.15, 0.2) is 0 Å². The molecule has 0 unspecified atom stereocenters. The van der Waals surface area contributed by atoms with E-state index >= 15 is 0 Å². The van der Waals surface area contributed by atoms with Gasteiger partial charge in [0.1, 0.15) is 10.2 Å². The van der Waals surface area contributed by atoms with Crippen molar-refractivity contribution in [2.24, 2.45) is 5.41 Å². The predicted octanol–water partition coefficient (Wildman–Crippen LogP) is 3.37. The van der Waals surface area contributed by atoms with Gasteiger partial charge in [-0.05, 0) is 41.4 Å². The lowest BCUT2D eigenvalue weighted by Gasteiger charge is -2.11. The topological polar surface area (TPSA) is 42.0 Å². The van der Waals surface area contributed by atoms with Crippen LogP contribution in [0, 0.1) is 5.41 Å². The van der Waals surface area contributed by atoms with E-state index in [2.05, 4.69) is 26.2 Å². The summed E-state index contributed by atoms with van der Waals surface area (Å²) in [6, 6.07) is 3.50. The lowest BCUT2D eigenvalue weighted by Crippen LogP contribution is -2.26. The summed E-state index contributed by atoms with van der Waals surface area (Å²) in [4.78, 5) is 15.9. The molecular weight excluding hydrogens is 315 g/mol. The van der Waals surface area contributed by atoms with Gasteiger partial charge in [-0.15, -0.1) is 23.2 Å². The normalized spacial score (nSPS) is 26.2. The number of aromatic nitrogens is 1. The van der Waals surface area contributed by atoms with Crippen molar-refractivity contribution in [2.45, 2.75) is 17.7 Å². The fraction of sp³-hybridized carbons (Fsp3) is 0.400. The Balaban J connectivity index is 2.07. The van der Waals surface area contributed by atoms with Gasteiger partial charge in [-0.2, -0.15) is 0 Å². The second-order valence-corrected chi connectivity index (χ2v) is 6.43. The summed E-state index contributed by atoms with van der Waals surface area (Å²) < 4.78 is -0.0981. The Kier molecular flexibility index (Phi) is 2.93. The molecule has 0 saturated heterocycles. The highest BCUT2D eigenvalue weighted by molar-refractivity contribution is 9.10. The first-order valence-corrected chi connectivity index (χ1v) is 6.21. The van der Waals surface area contributed by atoms with Crippen LogP contribution in [0.3, 0.4) is 0 Å². The van der Waals surface area contributed by atoms with E-state index in [1.807, 2.05) is 0 Å². The summed E-state index contributed by atoms with van der Waals surface area (Å²) in [6.45, 7) is 1.74. The Bertz CT molecular complexity index is 435. The maximum atomic E-state index is 11.9. The molecule has 86 valence electrons. The average molecular weight is 324 g/mol. The molecule has 1 saturated carbocycles. The highest BCUT2D eigenvalue weighted by atomic mass is 79.9. The van der Waals surface area contributed by atoms with Crippen molar-refractivity contribution in [1.82, 2.24) is 4.98 Å². The molecule has 0 aromatic carbocycles. The van der Waals surface area contributed by atoms with Gasteiger partial charge < -0.3 is 5.32 Å². The number of anilines is 1. The van der Waals surface area contributed by atoms with Gasteiger partial charge in [0.05, 0.1) is 5.41 Å². The highest BCUT2D eigenvalue weighted by Crippen LogP contribution is 2.64. The summed E-state index contributed by atoms with van der Waals surface area (Å²) in [7, 11) is 0. The quantitative estimate of drug-likeness (QED) is 0.848. The molecule has 6 heteroatoms. The molecule has 1 heterocycles. The molecule has 2 rings (SSSR count). The zero-order chi connectivity index (χ0) is 12.0. The molecule has 3 nitrogen and oxygen atoms in total. The average Bonchev–Trinajstić information content (AvgIpc) is 2.71.